The third-order valence-electron chi connectivity index (χ3n) is 2.96. The highest BCUT2D eigenvalue weighted by Gasteiger charge is 2.41. The summed E-state index contributed by atoms with van der Waals surface area (Å²) < 4.78 is 12.9. The van der Waals surface area contributed by atoms with E-state index in [-0.39, 0.29) is 10.6 Å². The van der Waals surface area contributed by atoms with E-state index in [9.17, 15) is 4.39 Å². The van der Waals surface area contributed by atoms with Crippen molar-refractivity contribution >= 4 is 11.8 Å². The molecule has 0 aliphatic heterocycles. The van der Waals surface area contributed by atoms with Crippen molar-refractivity contribution in [3.8, 4) is 0 Å². The molecule has 3 heteroatoms. The Labute approximate surface area is 94.2 Å². The van der Waals surface area contributed by atoms with Gasteiger partial charge in [0.1, 0.15) is 5.82 Å². The topological polar surface area (TPSA) is 26.0 Å². The Morgan fingerprint density at radius 1 is 1.40 bits per heavy atom. The summed E-state index contributed by atoms with van der Waals surface area (Å²) in [6.45, 7) is 2.96. The molecule has 0 atom stereocenters. The van der Waals surface area contributed by atoms with E-state index in [0.717, 1.165) is 10.8 Å². The van der Waals surface area contributed by atoms with E-state index in [2.05, 4.69) is 6.92 Å². The lowest BCUT2D eigenvalue weighted by atomic mass is 9.75. The number of hydrogen-bond donors (Lipinski definition) is 1. The van der Waals surface area contributed by atoms with Crippen LogP contribution in [0.2, 0.25) is 0 Å². The third kappa shape index (κ3) is 2.34. The summed E-state index contributed by atoms with van der Waals surface area (Å²) in [5, 5.41) is 0. The van der Waals surface area contributed by atoms with Crippen LogP contribution in [-0.2, 0) is 0 Å². The standard InChI is InChI=1S/C12H16FNS/c1-9-6-12(7-9,8-14)15-11-4-2-10(13)3-5-11/h2-5,9H,6-8,14H2,1H3. The van der Waals surface area contributed by atoms with Gasteiger partial charge in [-0.2, -0.15) is 0 Å². The van der Waals surface area contributed by atoms with Crippen molar-refractivity contribution in [3.05, 3.63) is 30.1 Å². The van der Waals surface area contributed by atoms with Crippen molar-refractivity contribution in [3.63, 3.8) is 0 Å². The fourth-order valence-electron chi connectivity index (χ4n) is 2.25. The molecule has 15 heavy (non-hydrogen) atoms. The predicted octanol–water partition coefficient (Wildman–Crippen LogP) is 3.05. The van der Waals surface area contributed by atoms with Crippen LogP contribution in [0.3, 0.4) is 0 Å². The summed E-state index contributed by atoms with van der Waals surface area (Å²) in [6, 6.07) is 6.68. The minimum absolute atomic E-state index is 0.178. The molecule has 1 aliphatic rings. The van der Waals surface area contributed by atoms with E-state index in [1.165, 1.54) is 25.0 Å². The van der Waals surface area contributed by atoms with Gasteiger partial charge in [0.2, 0.25) is 0 Å². The van der Waals surface area contributed by atoms with E-state index in [4.69, 9.17) is 5.73 Å². The van der Waals surface area contributed by atoms with Gasteiger partial charge in [0.15, 0.2) is 0 Å². The first-order chi connectivity index (χ1) is 7.13. The summed E-state index contributed by atoms with van der Waals surface area (Å²) in [5.74, 6) is 0.602. The minimum atomic E-state index is -0.178. The molecular formula is C12H16FNS. The molecule has 0 saturated heterocycles. The van der Waals surface area contributed by atoms with Gasteiger partial charge in [0.05, 0.1) is 0 Å². The zero-order chi connectivity index (χ0) is 10.9. The van der Waals surface area contributed by atoms with E-state index < -0.39 is 0 Å². The second kappa shape index (κ2) is 4.14. The predicted molar refractivity (Wildman–Crippen MR) is 62.4 cm³/mol. The molecule has 0 heterocycles. The highest BCUT2D eigenvalue weighted by molar-refractivity contribution is 8.00. The lowest BCUT2D eigenvalue weighted by Crippen LogP contribution is -2.45. The van der Waals surface area contributed by atoms with Gasteiger partial charge < -0.3 is 5.73 Å². The highest BCUT2D eigenvalue weighted by Crippen LogP contribution is 2.49. The molecule has 82 valence electrons. The second-order valence-electron chi connectivity index (χ2n) is 4.46. The van der Waals surface area contributed by atoms with Gasteiger partial charge in [-0.1, -0.05) is 6.92 Å². The summed E-state index contributed by atoms with van der Waals surface area (Å²) in [4.78, 5) is 1.12. The normalized spacial score (nSPS) is 29.9. The first-order valence-corrected chi connectivity index (χ1v) is 6.10. The lowest BCUT2D eigenvalue weighted by molar-refractivity contribution is 0.257. The first kappa shape index (κ1) is 11.0. The molecule has 2 rings (SSSR count). The summed E-state index contributed by atoms with van der Waals surface area (Å²) in [7, 11) is 0. The SMILES string of the molecule is CC1CC(CN)(Sc2ccc(F)cc2)C1. The van der Waals surface area contributed by atoms with Gasteiger partial charge >= 0.3 is 0 Å². The van der Waals surface area contributed by atoms with E-state index in [0.29, 0.717) is 6.54 Å². The molecule has 1 aromatic carbocycles. The van der Waals surface area contributed by atoms with Crippen LogP contribution in [0.25, 0.3) is 0 Å². The van der Waals surface area contributed by atoms with Crippen LogP contribution in [0, 0.1) is 11.7 Å². The minimum Gasteiger partial charge on any atom is -0.329 e. The molecule has 0 amide bonds. The zero-order valence-corrected chi connectivity index (χ0v) is 9.69. The number of thioether (sulfide) groups is 1. The molecule has 0 bridgehead atoms. The highest BCUT2D eigenvalue weighted by atomic mass is 32.2. The zero-order valence-electron chi connectivity index (χ0n) is 8.87. The smallest absolute Gasteiger partial charge is 0.123 e. The van der Waals surface area contributed by atoms with Crippen molar-refractivity contribution in [2.45, 2.75) is 29.4 Å². The third-order valence-corrected chi connectivity index (χ3v) is 4.40. The maximum atomic E-state index is 12.7. The average molecular weight is 225 g/mol. The fourth-order valence-corrected chi connectivity index (χ4v) is 3.85. The van der Waals surface area contributed by atoms with E-state index in [1.807, 2.05) is 12.1 Å². The molecule has 1 nitrogen and oxygen atoms in total. The van der Waals surface area contributed by atoms with Crippen LogP contribution in [0.4, 0.5) is 4.39 Å². The number of benzene rings is 1. The Kier molecular flexibility index (Phi) is 3.03. The Morgan fingerprint density at radius 2 is 2.00 bits per heavy atom. The largest absolute Gasteiger partial charge is 0.329 e. The van der Waals surface area contributed by atoms with Crippen LogP contribution in [0.15, 0.2) is 29.2 Å². The van der Waals surface area contributed by atoms with Crippen molar-refractivity contribution in [2.75, 3.05) is 6.54 Å². The summed E-state index contributed by atoms with van der Waals surface area (Å²) >= 11 is 1.80. The molecule has 0 radical (unpaired) electrons. The molecule has 0 spiro atoms. The molecule has 0 aromatic heterocycles. The van der Waals surface area contributed by atoms with Crippen molar-refractivity contribution in [1.29, 1.82) is 0 Å². The van der Waals surface area contributed by atoms with Crippen LogP contribution in [0.1, 0.15) is 19.8 Å². The van der Waals surface area contributed by atoms with E-state index >= 15 is 0 Å². The fraction of sp³-hybridized carbons (Fsp3) is 0.500. The number of hydrogen-bond acceptors (Lipinski definition) is 2. The average Bonchev–Trinajstić information content (AvgIpc) is 2.18. The van der Waals surface area contributed by atoms with Gasteiger partial charge in [-0.3, -0.25) is 0 Å². The Bertz CT molecular complexity index is 330. The molecule has 0 unspecified atom stereocenters. The molecule has 1 aliphatic carbocycles. The van der Waals surface area contributed by atoms with Crippen molar-refractivity contribution in [1.82, 2.24) is 0 Å². The van der Waals surface area contributed by atoms with E-state index in [1.54, 1.807) is 11.8 Å². The Hall–Kier alpha value is -0.540. The summed E-state index contributed by atoms with van der Waals surface area (Å²) in [6.07, 6.45) is 2.34. The number of nitrogens with two attached hydrogens (primary N) is 1. The summed E-state index contributed by atoms with van der Waals surface area (Å²) in [5.41, 5.74) is 5.81. The Morgan fingerprint density at radius 3 is 2.47 bits per heavy atom. The van der Waals surface area contributed by atoms with Crippen LogP contribution < -0.4 is 5.73 Å². The van der Waals surface area contributed by atoms with Crippen LogP contribution in [0.5, 0.6) is 0 Å². The molecule has 1 aromatic rings. The maximum absolute atomic E-state index is 12.7. The molecule has 1 saturated carbocycles. The van der Waals surface area contributed by atoms with Gasteiger partial charge in [0.25, 0.3) is 0 Å². The van der Waals surface area contributed by atoms with Crippen molar-refractivity contribution in [2.24, 2.45) is 11.7 Å². The van der Waals surface area contributed by atoms with Gasteiger partial charge in [-0.25, -0.2) is 4.39 Å². The van der Waals surface area contributed by atoms with Crippen LogP contribution >= 0.6 is 11.8 Å². The van der Waals surface area contributed by atoms with Crippen molar-refractivity contribution < 1.29 is 4.39 Å². The lowest BCUT2D eigenvalue weighted by Gasteiger charge is -2.45. The second-order valence-corrected chi connectivity index (χ2v) is 6.00. The number of rotatable bonds is 3. The van der Waals surface area contributed by atoms with Gasteiger partial charge in [-0.15, -0.1) is 11.8 Å². The molecular weight excluding hydrogens is 209 g/mol. The number of halogens is 1. The Balaban J connectivity index is 2.04. The molecule has 2 N–H and O–H groups in total. The first-order valence-electron chi connectivity index (χ1n) is 5.28. The van der Waals surface area contributed by atoms with Gasteiger partial charge in [0, 0.05) is 16.2 Å². The maximum Gasteiger partial charge on any atom is 0.123 e. The van der Waals surface area contributed by atoms with Gasteiger partial charge in [-0.05, 0) is 43.0 Å². The van der Waals surface area contributed by atoms with Crippen LogP contribution in [-0.4, -0.2) is 11.3 Å². The molecule has 1 fully saturated rings. The monoisotopic (exact) mass is 225 g/mol. The quantitative estimate of drug-likeness (QED) is 0.855.